The third-order valence-electron chi connectivity index (χ3n) is 3.94. The van der Waals surface area contributed by atoms with Crippen LogP contribution in [0.4, 0.5) is 0 Å². The molecule has 2 rings (SSSR count). The predicted octanol–water partition coefficient (Wildman–Crippen LogP) is 2.39. The maximum Gasteiger partial charge on any atom is 0.226 e. The Kier molecular flexibility index (Phi) is 4.40. The van der Waals surface area contributed by atoms with Crippen molar-refractivity contribution in [3.63, 3.8) is 0 Å². The van der Waals surface area contributed by atoms with E-state index in [-0.39, 0.29) is 11.3 Å². The van der Waals surface area contributed by atoms with Gasteiger partial charge in [-0.15, -0.1) is 0 Å². The first-order valence-corrected chi connectivity index (χ1v) is 7.55. The van der Waals surface area contributed by atoms with E-state index in [0.717, 1.165) is 19.5 Å². The van der Waals surface area contributed by atoms with Gasteiger partial charge in [-0.1, -0.05) is 13.8 Å². The zero-order chi connectivity index (χ0) is 13.0. The fourth-order valence-corrected chi connectivity index (χ4v) is 3.13. The van der Waals surface area contributed by atoms with Crippen LogP contribution in [-0.4, -0.2) is 19.0 Å². The molecule has 18 heavy (non-hydrogen) atoms. The maximum absolute atomic E-state index is 12.3. The van der Waals surface area contributed by atoms with Crippen LogP contribution in [0.3, 0.4) is 0 Å². The second kappa shape index (κ2) is 5.85. The lowest BCUT2D eigenvalue weighted by Gasteiger charge is -2.36. The Morgan fingerprint density at radius 3 is 3.06 bits per heavy atom. The molecule has 1 atom stereocenters. The summed E-state index contributed by atoms with van der Waals surface area (Å²) in [7, 11) is 0. The minimum atomic E-state index is -0.288. The number of thiophene rings is 1. The standard InChI is InChI=1S/C14H22N2OS/c1-14(2,12-4-3-6-15-9-12)13(17)16-8-11-5-7-18-10-11/h5,7,10,12,15H,3-4,6,8-9H2,1-2H3,(H,16,17). The van der Waals surface area contributed by atoms with Gasteiger partial charge in [-0.05, 0) is 54.2 Å². The number of carbonyl (C=O) groups is 1. The Bertz CT molecular complexity index is 381. The summed E-state index contributed by atoms with van der Waals surface area (Å²) < 4.78 is 0. The number of hydrogen-bond acceptors (Lipinski definition) is 3. The van der Waals surface area contributed by atoms with Crippen LogP contribution in [0, 0.1) is 11.3 Å². The van der Waals surface area contributed by atoms with Gasteiger partial charge in [-0.2, -0.15) is 11.3 Å². The molecule has 2 N–H and O–H groups in total. The number of hydrogen-bond donors (Lipinski definition) is 2. The fourth-order valence-electron chi connectivity index (χ4n) is 2.46. The molecule has 1 saturated heterocycles. The summed E-state index contributed by atoms with van der Waals surface area (Å²) in [6.07, 6.45) is 2.32. The highest BCUT2D eigenvalue weighted by Crippen LogP contribution is 2.32. The van der Waals surface area contributed by atoms with Crippen LogP contribution >= 0.6 is 11.3 Å². The van der Waals surface area contributed by atoms with Crippen molar-refractivity contribution in [2.45, 2.75) is 33.2 Å². The summed E-state index contributed by atoms with van der Waals surface area (Å²) in [4.78, 5) is 12.3. The average molecular weight is 266 g/mol. The second-order valence-electron chi connectivity index (χ2n) is 5.58. The van der Waals surface area contributed by atoms with Crippen LogP contribution < -0.4 is 10.6 Å². The highest BCUT2D eigenvalue weighted by Gasteiger charge is 2.36. The molecule has 1 aromatic heterocycles. The highest BCUT2D eigenvalue weighted by atomic mass is 32.1. The van der Waals surface area contributed by atoms with Crippen LogP contribution in [0.5, 0.6) is 0 Å². The van der Waals surface area contributed by atoms with Crippen molar-refractivity contribution in [2.75, 3.05) is 13.1 Å². The topological polar surface area (TPSA) is 41.1 Å². The summed E-state index contributed by atoms with van der Waals surface area (Å²) in [5, 5.41) is 10.6. The Labute approximate surface area is 113 Å². The van der Waals surface area contributed by atoms with Crippen LogP contribution in [-0.2, 0) is 11.3 Å². The van der Waals surface area contributed by atoms with Gasteiger partial charge in [-0.3, -0.25) is 4.79 Å². The van der Waals surface area contributed by atoms with Crippen molar-refractivity contribution in [2.24, 2.45) is 11.3 Å². The van der Waals surface area contributed by atoms with Crippen molar-refractivity contribution >= 4 is 17.2 Å². The molecule has 3 nitrogen and oxygen atoms in total. The van der Waals surface area contributed by atoms with E-state index in [9.17, 15) is 4.79 Å². The first-order chi connectivity index (χ1) is 8.60. The molecule has 1 aliphatic heterocycles. The molecule has 0 radical (unpaired) electrons. The molecule has 1 amide bonds. The van der Waals surface area contributed by atoms with E-state index in [1.165, 1.54) is 12.0 Å². The molecule has 0 aliphatic carbocycles. The molecule has 1 unspecified atom stereocenters. The van der Waals surface area contributed by atoms with Crippen LogP contribution in [0.15, 0.2) is 16.8 Å². The normalized spacial score (nSPS) is 20.7. The monoisotopic (exact) mass is 266 g/mol. The Hall–Kier alpha value is -0.870. The Balaban J connectivity index is 1.89. The minimum Gasteiger partial charge on any atom is -0.352 e. The van der Waals surface area contributed by atoms with Crippen molar-refractivity contribution in [3.8, 4) is 0 Å². The second-order valence-corrected chi connectivity index (χ2v) is 6.36. The SMILES string of the molecule is CC(C)(C(=O)NCc1ccsc1)C1CCCNC1. The van der Waals surface area contributed by atoms with Gasteiger partial charge >= 0.3 is 0 Å². The average Bonchev–Trinajstić information content (AvgIpc) is 2.90. The molecule has 1 aliphatic rings. The van der Waals surface area contributed by atoms with Crippen LogP contribution in [0.25, 0.3) is 0 Å². The molecular weight excluding hydrogens is 244 g/mol. The van der Waals surface area contributed by atoms with E-state index < -0.39 is 0 Å². The quantitative estimate of drug-likeness (QED) is 0.878. The van der Waals surface area contributed by atoms with E-state index in [1.807, 2.05) is 5.38 Å². The van der Waals surface area contributed by atoms with Crippen LogP contribution in [0.1, 0.15) is 32.3 Å². The zero-order valence-electron chi connectivity index (χ0n) is 11.2. The van der Waals surface area contributed by atoms with Crippen molar-refractivity contribution in [1.29, 1.82) is 0 Å². The maximum atomic E-state index is 12.3. The van der Waals surface area contributed by atoms with Gasteiger partial charge in [0.25, 0.3) is 0 Å². The number of nitrogens with one attached hydrogen (secondary N) is 2. The summed E-state index contributed by atoms with van der Waals surface area (Å²) in [6.45, 7) is 6.81. The molecule has 1 aromatic rings. The Morgan fingerprint density at radius 1 is 1.61 bits per heavy atom. The lowest BCUT2D eigenvalue weighted by Crippen LogP contribution is -2.47. The lowest BCUT2D eigenvalue weighted by atomic mass is 9.74. The predicted molar refractivity (Wildman–Crippen MR) is 75.5 cm³/mol. The van der Waals surface area contributed by atoms with Gasteiger partial charge < -0.3 is 10.6 Å². The van der Waals surface area contributed by atoms with Gasteiger partial charge in [0.15, 0.2) is 0 Å². The van der Waals surface area contributed by atoms with Crippen molar-refractivity contribution in [3.05, 3.63) is 22.4 Å². The van der Waals surface area contributed by atoms with E-state index in [1.54, 1.807) is 11.3 Å². The van der Waals surface area contributed by atoms with Crippen molar-refractivity contribution in [1.82, 2.24) is 10.6 Å². The molecule has 4 heteroatoms. The Morgan fingerprint density at radius 2 is 2.44 bits per heavy atom. The van der Waals surface area contributed by atoms with Gasteiger partial charge in [0, 0.05) is 12.0 Å². The van der Waals surface area contributed by atoms with E-state index >= 15 is 0 Å². The summed E-state index contributed by atoms with van der Waals surface area (Å²) >= 11 is 1.67. The van der Waals surface area contributed by atoms with Crippen LogP contribution in [0.2, 0.25) is 0 Å². The van der Waals surface area contributed by atoms with E-state index in [0.29, 0.717) is 12.5 Å². The number of rotatable bonds is 4. The lowest BCUT2D eigenvalue weighted by molar-refractivity contribution is -0.132. The van der Waals surface area contributed by atoms with Gasteiger partial charge in [0.05, 0.1) is 0 Å². The number of piperidine rings is 1. The third-order valence-corrected chi connectivity index (χ3v) is 4.67. The zero-order valence-corrected chi connectivity index (χ0v) is 12.0. The third kappa shape index (κ3) is 3.12. The molecule has 0 saturated carbocycles. The molecule has 0 bridgehead atoms. The van der Waals surface area contributed by atoms with Crippen molar-refractivity contribution < 1.29 is 4.79 Å². The molecule has 0 aromatic carbocycles. The number of carbonyl (C=O) groups excluding carboxylic acids is 1. The molecular formula is C14H22N2OS. The van der Waals surface area contributed by atoms with E-state index in [2.05, 4.69) is 35.9 Å². The highest BCUT2D eigenvalue weighted by molar-refractivity contribution is 7.07. The largest absolute Gasteiger partial charge is 0.352 e. The first kappa shape index (κ1) is 13.6. The summed E-state index contributed by atoms with van der Waals surface area (Å²) in [5.74, 6) is 0.608. The van der Waals surface area contributed by atoms with Gasteiger partial charge in [0.2, 0.25) is 5.91 Å². The first-order valence-electron chi connectivity index (χ1n) is 6.61. The van der Waals surface area contributed by atoms with Gasteiger partial charge in [-0.25, -0.2) is 0 Å². The molecule has 100 valence electrons. The molecule has 1 fully saturated rings. The number of amides is 1. The van der Waals surface area contributed by atoms with E-state index in [4.69, 9.17) is 0 Å². The molecule has 0 spiro atoms. The summed E-state index contributed by atoms with van der Waals surface area (Å²) in [5.41, 5.74) is 0.898. The fraction of sp³-hybridized carbons (Fsp3) is 0.643. The molecule has 2 heterocycles. The smallest absolute Gasteiger partial charge is 0.226 e. The minimum absolute atomic E-state index is 0.169. The van der Waals surface area contributed by atoms with Gasteiger partial charge in [0.1, 0.15) is 0 Å². The summed E-state index contributed by atoms with van der Waals surface area (Å²) in [6, 6.07) is 2.06.